The van der Waals surface area contributed by atoms with E-state index in [-0.39, 0.29) is 24.8 Å². The van der Waals surface area contributed by atoms with E-state index in [1.54, 1.807) is 0 Å². The summed E-state index contributed by atoms with van der Waals surface area (Å²) < 4.78 is 0. The molecule has 4 nitrogen and oxygen atoms in total. The summed E-state index contributed by atoms with van der Waals surface area (Å²) in [5.41, 5.74) is 1.11. The first-order chi connectivity index (χ1) is 7.27. The fourth-order valence-corrected chi connectivity index (χ4v) is 1.90. The molecule has 0 saturated carbocycles. The van der Waals surface area contributed by atoms with Crippen molar-refractivity contribution in [3.63, 3.8) is 0 Å². The quantitative estimate of drug-likeness (QED) is 0.896. The first-order valence-corrected chi connectivity index (χ1v) is 5.49. The van der Waals surface area contributed by atoms with Gasteiger partial charge in [0, 0.05) is 32.0 Å². The van der Waals surface area contributed by atoms with Crippen molar-refractivity contribution >= 4 is 30.8 Å². The molecule has 2 heterocycles. The van der Waals surface area contributed by atoms with Gasteiger partial charge in [-0.05, 0) is 31.9 Å². The number of nitrogens with one attached hydrogen (secondary N) is 1. The normalized spacial score (nSPS) is 18.8. The van der Waals surface area contributed by atoms with Crippen molar-refractivity contribution in [2.24, 2.45) is 0 Å². The molecule has 0 radical (unpaired) electrons. The van der Waals surface area contributed by atoms with Crippen LogP contribution in [0.2, 0.25) is 0 Å². The molecule has 1 aromatic heterocycles. The van der Waals surface area contributed by atoms with E-state index in [2.05, 4.69) is 27.2 Å². The zero-order valence-corrected chi connectivity index (χ0v) is 11.9. The molecule has 2 rings (SSSR count). The van der Waals surface area contributed by atoms with Gasteiger partial charge in [-0.1, -0.05) is 0 Å². The molecule has 1 aromatic rings. The van der Waals surface area contributed by atoms with Crippen molar-refractivity contribution in [2.45, 2.75) is 25.8 Å². The average molecular weight is 279 g/mol. The second kappa shape index (κ2) is 7.69. The predicted molar refractivity (Wildman–Crippen MR) is 75.6 cm³/mol. The van der Waals surface area contributed by atoms with Gasteiger partial charge in [0.05, 0.1) is 0 Å². The predicted octanol–water partition coefficient (Wildman–Crippen LogP) is 1.82. The Labute approximate surface area is 115 Å². The Balaban J connectivity index is 0.00000128. The monoisotopic (exact) mass is 278 g/mol. The number of halogens is 2. The highest BCUT2D eigenvalue weighted by molar-refractivity contribution is 5.85. The Kier molecular flexibility index (Phi) is 7.43. The van der Waals surface area contributed by atoms with E-state index in [0.717, 1.165) is 24.6 Å². The van der Waals surface area contributed by atoms with E-state index < -0.39 is 0 Å². The van der Waals surface area contributed by atoms with Gasteiger partial charge in [-0.25, -0.2) is 9.97 Å². The zero-order valence-electron chi connectivity index (χ0n) is 10.2. The topological polar surface area (TPSA) is 41.1 Å². The smallest absolute Gasteiger partial charge is 0.225 e. The molecule has 0 aliphatic carbocycles. The first-order valence-electron chi connectivity index (χ1n) is 5.49. The van der Waals surface area contributed by atoms with Gasteiger partial charge in [-0.2, -0.15) is 0 Å². The van der Waals surface area contributed by atoms with Crippen molar-refractivity contribution in [1.29, 1.82) is 0 Å². The molecule has 17 heavy (non-hydrogen) atoms. The number of nitrogens with zero attached hydrogens (tertiary/aromatic N) is 3. The van der Waals surface area contributed by atoms with Crippen molar-refractivity contribution in [3.8, 4) is 0 Å². The minimum Gasteiger partial charge on any atom is -0.340 e. The lowest BCUT2D eigenvalue weighted by atomic mass is 10.1. The molecule has 1 unspecified atom stereocenters. The molecular formula is C11H20Cl2N4. The summed E-state index contributed by atoms with van der Waals surface area (Å²) in [4.78, 5) is 10.9. The molecule has 0 amide bonds. The van der Waals surface area contributed by atoms with Crippen LogP contribution in [0.5, 0.6) is 0 Å². The maximum Gasteiger partial charge on any atom is 0.225 e. The second-order valence-corrected chi connectivity index (χ2v) is 4.17. The van der Waals surface area contributed by atoms with Crippen LogP contribution in [0.25, 0.3) is 0 Å². The van der Waals surface area contributed by atoms with Gasteiger partial charge in [0.15, 0.2) is 0 Å². The summed E-state index contributed by atoms with van der Waals surface area (Å²) in [6, 6.07) is 0.529. The average Bonchev–Trinajstić information content (AvgIpc) is 2.30. The van der Waals surface area contributed by atoms with Gasteiger partial charge in [-0.15, -0.1) is 24.8 Å². The summed E-state index contributed by atoms with van der Waals surface area (Å²) in [6.45, 7) is 4.18. The summed E-state index contributed by atoms with van der Waals surface area (Å²) in [5, 5.41) is 3.40. The molecule has 1 atom stereocenters. The Hall–Kier alpha value is -0.580. The van der Waals surface area contributed by atoms with E-state index >= 15 is 0 Å². The standard InChI is InChI=1S/C11H18N4.2ClH/c1-9-6-13-11(14-7-9)15(2)10-4-3-5-12-8-10;;/h6-7,10,12H,3-5,8H2,1-2H3;2*1H. The molecule has 0 bridgehead atoms. The van der Waals surface area contributed by atoms with Crippen molar-refractivity contribution in [3.05, 3.63) is 18.0 Å². The van der Waals surface area contributed by atoms with E-state index in [9.17, 15) is 0 Å². The maximum absolute atomic E-state index is 4.34. The number of piperidine rings is 1. The highest BCUT2D eigenvalue weighted by Gasteiger charge is 2.19. The number of anilines is 1. The molecule has 1 N–H and O–H groups in total. The number of aryl methyl sites for hydroxylation is 1. The van der Waals surface area contributed by atoms with Crippen LogP contribution < -0.4 is 10.2 Å². The summed E-state index contributed by atoms with van der Waals surface area (Å²) in [5.74, 6) is 0.828. The Morgan fingerprint density at radius 1 is 1.29 bits per heavy atom. The zero-order chi connectivity index (χ0) is 10.7. The Morgan fingerprint density at radius 3 is 2.47 bits per heavy atom. The van der Waals surface area contributed by atoms with Gasteiger partial charge in [0.25, 0.3) is 0 Å². The van der Waals surface area contributed by atoms with Crippen LogP contribution in [0.15, 0.2) is 12.4 Å². The van der Waals surface area contributed by atoms with Crippen LogP contribution in [0.3, 0.4) is 0 Å². The van der Waals surface area contributed by atoms with Gasteiger partial charge < -0.3 is 10.2 Å². The minimum absolute atomic E-state index is 0. The van der Waals surface area contributed by atoms with Crippen LogP contribution in [-0.4, -0.2) is 36.1 Å². The van der Waals surface area contributed by atoms with Crippen molar-refractivity contribution in [2.75, 3.05) is 25.0 Å². The lowest BCUT2D eigenvalue weighted by Crippen LogP contribution is -2.44. The van der Waals surface area contributed by atoms with Gasteiger partial charge in [0.2, 0.25) is 5.95 Å². The van der Waals surface area contributed by atoms with Crippen LogP contribution >= 0.6 is 24.8 Å². The molecule has 6 heteroatoms. The van der Waals surface area contributed by atoms with Crippen molar-refractivity contribution in [1.82, 2.24) is 15.3 Å². The van der Waals surface area contributed by atoms with E-state index in [0.29, 0.717) is 6.04 Å². The Morgan fingerprint density at radius 2 is 1.94 bits per heavy atom. The summed E-state index contributed by atoms with van der Waals surface area (Å²) >= 11 is 0. The molecule has 0 aromatic carbocycles. The molecular weight excluding hydrogens is 259 g/mol. The molecule has 0 spiro atoms. The third-order valence-electron chi connectivity index (χ3n) is 2.90. The third kappa shape index (κ3) is 4.30. The second-order valence-electron chi connectivity index (χ2n) is 4.17. The summed E-state index contributed by atoms with van der Waals surface area (Å²) in [7, 11) is 2.07. The number of likely N-dealkylation sites (N-methyl/N-ethyl adjacent to an activating group) is 1. The van der Waals surface area contributed by atoms with Gasteiger partial charge >= 0.3 is 0 Å². The van der Waals surface area contributed by atoms with E-state index in [4.69, 9.17) is 0 Å². The molecule has 1 aliphatic heterocycles. The van der Waals surface area contributed by atoms with Crippen LogP contribution in [0.1, 0.15) is 18.4 Å². The SMILES string of the molecule is Cc1cnc(N(C)C2CCCNC2)nc1.Cl.Cl. The minimum atomic E-state index is 0. The maximum atomic E-state index is 4.34. The fraction of sp³-hybridized carbons (Fsp3) is 0.636. The number of hydrogen-bond donors (Lipinski definition) is 1. The van der Waals surface area contributed by atoms with Crippen molar-refractivity contribution < 1.29 is 0 Å². The van der Waals surface area contributed by atoms with Crippen LogP contribution in [-0.2, 0) is 0 Å². The Bertz CT molecular complexity index is 312. The van der Waals surface area contributed by atoms with Crippen LogP contribution in [0.4, 0.5) is 5.95 Å². The lowest BCUT2D eigenvalue weighted by Gasteiger charge is -2.31. The highest BCUT2D eigenvalue weighted by atomic mass is 35.5. The van der Waals surface area contributed by atoms with Gasteiger partial charge in [-0.3, -0.25) is 0 Å². The number of rotatable bonds is 2. The third-order valence-corrected chi connectivity index (χ3v) is 2.90. The molecule has 98 valence electrons. The van der Waals surface area contributed by atoms with Crippen LogP contribution in [0, 0.1) is 6.92 Å². The lowest BCUT2D eigenvalue weighted by molar-refractivity contribution is 0.441. The molecule has 1 fully saturated rings. The molecule has 1 aliphatic rings. The number of aromatic nitrogens is 2. The highest BCUT2D eigenvalue weighted by Crippen LogP contribution is 2.14. The molecule has 1 saturated heterocycles. The number of hydrogen-bond acceptors (Lipinski definition) is 4. The van der Waals surface area contributed by atoms with Gasteiger partial charge in [0.1, 0.15) is 0 Å². The summed E-state index contributed by atoms with van der Waals surface area (Å²) in [6.07, 6.45) is 6.20. The largest absolute Gasteiger partial charge is 0.340 e. The van der Waals surface area contributed by atoms with E-state index in [1.807, 2.05) is 19.3 Å². The van der Waals surface area contributed by atoms with E-state index in [1.165, 1.54) is 12.8 Å². The fourth-order valence-electron chi connectivity index (χ4n) is 1.90. The first kappa shape index (κ1) is 16.4.